The first-order valence-corrected chi connectivity index (χ1v) is 10.2. The van der Waals surface area contributed by atoms with Crippen LogP contribution in [0.25, 0.3) is 0 Å². The Balaban J connectivity index is 1.64. The molecular weight excluding hydrogens is 356 g/mol. The molecule has 0 saturated carbocycles. The van der Waals surface area contributed by atoms with Gasteiger partial charge in [-0.1, -0.05) is 17.7 Å². The maximum Gasteiger partial charge on any atom is 0.260 e. The van der Waals surface area contributed by atoms with Gasteiger partial charge in [0.1, 0.15) is 5.75 Å². The lowest BCUT2D eigenvalue weighted by molar-refractivity contribution is -0.135. The van der Waals surface area contributed by atoms with Crippen molar-refractivity contribution in [3.05, 3.63) is 47.8 Å². The Morgan fingerprint density at radius 1 is 1.31 bits per heavy atom. The maximum absolute atomic E-state index is 12.5. The molecular formula is C17H22N4O4S. The summed E-state index contributed by atoms with van der Waals surface area (Å²) in [4.78, 5) is 14.2. The van der Waals surface area contributed by atoms with Crippen molar-refractivity contribution in [2.75, 3.05) is 26.0 Å². The van der Waals surface area contributed by atoms with Crippen molar-refractivity contribution in [2.45, 2.75) is 19.5 Å². The number of hydrogen-bond acceptors (Lipinski definition) is 5. The Bertz CT molecular complexity index is 876. The number of rotatable bonds is 6. The summed E-state index contributed by atoms with van der Waals surface area (Å²) >= 11 is 0. The molecule has 26 heavy (non-hydrogen) atoms. The lowest BCUT2D eigenvalue weighted by Gasteiger charge is -2.33. The molecule has 1 aromatic heterocycles. The number of carbonyl (C=O) groups is 1. The first-order valence-electron chi connectivity index (χ1n) is 8.26. The van der Waals surface area contributed by atoms with E-state index in [1.54, 1.807) is 15.8 Å². The Hall–Kier alpha value is -2.39. The summed E-state index contributed by atoms with van der Waals surface area (Å²) < 4.78 is 32.6. The summed E-state index contributed by atoms with van der Waals surface area (Å²) in [5, 5.41) is 4.25. The highest BCUT2D eigenvalue weighted by atomic mass is 32.2. The number of ether oxygens (including phenoxy) is 1. The van der Waals surface area contributed by atoms with Gasteiger partial charge >= 0.3 is 0 Å². The Kier molecular flexibility index (Phi) is 5.28. The molecule has 1 amide bonds. The lowest BCUT2D eigenvalue weighted by atomic mass is 10.2. The molecule has 0 bridgehead atoms. The molecule has 0 spiro atoms. The Morgan fingerprint density at radius 2 is 2.04 bits per heavy atom. The smallest absolute Gasteiger partial charge is 0.260 e. The molecule has 1 aliphatic heterocycles. The number of carbonyl (C=O) groups excluding carboxylic acids is 1. The van der Waals surface area contributed by atoms with Crippen LogP contribution in [0.5, 0.6) is 5.75 Å². The molecule has 0 unspecified atom stereocenters. The van der Waals surface area contributed by atoms with Gasteiger partial charge in [0, 0.05) is 19.3 Å². The molecule has 3 rings (SSSR count). The average molecular weight is 378 g/mol. The first-order chi connectivity index (χ1) is 12.3. The minimum Gasteiger partial charge on any atom is -0.484 e. The monoisotopic (exact) mass is 378 g/mol. The van der Waals surface area contributed by atoms with Gasteiger partial charge in [-0.05, 0) is 25.1 Å². The standard InChI is InChI=1S/C17H22N4O4S/c1-13-3-5-16(6-4-13)25-12-17(22)20-10-14-7-8-18-21(14)15(11-20)9-19-26(2,23)24/h3-8,15,19H,9-12H2,1-2H3/t15-/m0/s1. The normalized spacial score (nSPS) is 17.0. The number of fused-ring (bicyclic) bond motifs is 1. The van der Waals surface area contributed by atoms with Gasteiger partial charge < -0.3 is 9.64 Å². The number of sulfonamides is 1. The number of benzene rings is 1. The summed E-state index contributed by atoms with van der Waals surface area (Å²) in [7, 11) is -3.32. The second kappa shape index (κ2) is 7.46. The molecule has 1 N–H and O–H groups in total. The molecule has 140 valence electrons. The van der Waals surface area contributed by atoms with Crippen LogP contribution in [0.4, 0.5) is 0 Å². The van der Waals surface area contributed by atoms with Crippen molar-refractivity contribution in [1.82, 2.24) is 19.4 Å². The number of amides is 1. The van der Waals surface area contributed by atoms with E-state index >= 15 is 0 Å². The molecule has 9 heteroatoms. The van der Waals surface area contributed by atoms with Crippen LogP contribution in [0.15, 0.2) is 36.5 Å². The molecule has 1 atom stereocenters. The van der Waals surface area contributed by atoms with E-state index in [9.17, 15) is 13.2 Å². The van der Waals surface area contributed by atoms with Crippen molar-refractivity contribution < 1.29 is 17.9 Å². The van der Waals surface area contributed by atoms with Crippen LogP contribution in [-0.4, -0.2) is 55.0 Å². The number of nitrogens with zero attached hydrogens (tertiary/aromatic N) is 3. The van der Waals surface area contributed by atoms with Crippen LogP contribution in [0.3, 0.4) is 0 Å². The molecule has 1 aliphatic rings. The molecule has 0 saturated heterocycles. The van der Waals surface area contributed by atoms with Crippen LogP contribution in [-0.2, 0) is 21.4 Å². The molecule has 0 radical (unpaired) electrons. The highest BCUT2D eigenvalue weighted by Gasteiger charge is 2.29. The predicted molar refractivity (Wildman–Crippen MR) is 96.2 cm³/mol. The summed E-state index contributed by atoms with van der Waals surface area (Å²) in [6, 6.07) is 9.07. The van der Waals surface area contributed by atoms with E-state index in [1.165, 1.54) is 0 Å². The maximum atomic E-state index is 12.5. The van der Waals surface area contributed by atoms with E-state index < -0.39 is 10.0 Å². The highest BCUT2D eigenvalue weighted by molar-refractivity contribution is 7.88. The Labute approximate surface area is 152 Å². The summed E-state index contributed by atoms with van der Waals surface area (Å²) in [6.45, 7) is 2.88. The third kappa shape index (κ3) is 4.61. The van der Waals surface area contributed by atoms with Crippen molar-refractivity contribution in [2.24, 2.45) is 0 Å². The third-order valence-corrected chi connectivity index (χ3v) is 4.89. The zero-order chi connectivity index (χ0) is 18.7. The molecule has 0 fully saturated rings. The van der Waals surface area contributed by atoms with E-state index in [0.717, 1.165) is 17.5 Å². The minimum atomic E-state index is -3.32. The summed E-state index contributed by atoms with van der Waals surface area (Å²) in [5.74, 6) is 0.490. The van der Waals surface area contributed by atoms with E-state index in [4.69, 9.17) is 4.74 Å². The molecule has 2 aromatic rings. The number of nitrogens with one attached hydrogen (secondary N) is 1. The van der Waals surface area contributed by atoms with Gasteiger partial charge in [0.05, 0.1) is 24.5 Å². The lowest BCUT2D eigenvalue weighted by Crippen LogP contribution is -2.46. The first kappa shape index (κ1) is 18.4. The number of hydrogen-bond donors (Lipinski definition) is 1. The number of aryl methyl sites for hydroxylation is 1. The minimum absolute atomic E-state index is 0.0660. The molecule has 2 heterocycles. The molecule has 0 aliphatic carbocycles. The van der Waals surface area contributed by atoms with Crippen molar-refractivity contribution in [3.8, 4) is 5.75 Å². The van der Waals surface area contributed by atoms with E-state index in [2.05, 4.69) is 9.82 Å². The molecule has 8 nitrogen and oxygen atoms in total. The second-order valence-corrected chi connectivity index (χ2v) is 8.25. The topological polar surface area (TPSA) is 93.5 Å². The Morgan fingerprint density at radius 3 is 2.73 bits per heavy atom. The van der Waals surface area contributed by atoms with Gasteiger partial charge in [0.15, 0.2) is 6.61 Å². The van der Waals surface area contributed by atoms with Crippen LogP contribution in [0.1, 0.15) is 17.3 Å². The van der Waals surface area contributed by atoms with Crippen molar-refractivity contribution in [3.63, 3.8) is 0 Å². The van der Waals surface area contributed by atoms with Crippen LogP contribution in [0.2, 0.25) is 0 Å². The number of aromatic nitrogens is 2. The van der Waals surface area contributed by atoms with Crippen LogP contribution < -0.4 is 9.46 Å². The second-order valence-electron chi connectivity index (χ2n) is 6.42. The van der Waals surface area contributed by atoms with Gasteiger partial charge in [-0.3, -0.25) is 9.48 Å². The predicted octanol–water partition coefficient (Wildman–Crippen LogP) is 0.703. The fourth-order valence-electron chi connectivity index (χ4n) is 2.85. The fourth-order valence-corrected chi connectivity index (χ4v) is 3.34. The largest absolute Gasteiger partial charge is 0.484 e. The van der Waals surface area contributed by atoms with Crippen molar-refractivity contribution in [1.29, 1.82) is 0 Å². The highest BCUT2D eigenvalue weighted by Crippen LogP contribution is 2.20. The van der Waals surface area contributed by atoms with E-state index in [0.29, 0.717) is 18.8 Å². The van der Waals surface area contributed by atoms with Gasteiger partial charge in [-0.15, -0.1) is 0 Å². The molecule has 1 aromatic carbocycles. The average Bonchev–Trinajstić information content (AvgIpc) is 3.06. The van der Waals surface area contributed by atoms with Crippen LogP contribution >= 0.6 is 0 Å². The fraction of sp³-hybridized carbons (Fsp3) is 0.412. The SMILES string of the molecule is Cc1ccc(OCC(=O)N2Cc3ccnn3[C@@H](CNS(C)(=O)=O)C2)cc1. The van der Waals surface area contributed by atoms with E-state index in [-0.39, 0.29) is 25.1 Å². The van der Waals surface area contributed by atoms with Crippen LogP contribution in [0, 0.1) is 6.92 Å². The third-order valence-electron chi connectivity index (χ3n) is 4.20. The summed E-state index contributed by atoms with van der Waals surface area (Å²) in [6.07, 6.45) is 2.76. The van der Waals surface area contributed by atoms with Gasteiger partial charge in [0.2, 0.25) is 10.0 Å². The van der Waals surface area contributed by atoms with Gasteiger partial charge in [0.25, 0.3) is 5.91 Å². The van der Waals surface area contributed by atoms with Gasteiger partial charge in [-0.2, -0.15) is 5.10 Å². The quantitative estimate of drug-likeness (QED) is 0.799. The van der Waals surface area contributed by atoms with Crippen molar-refractivity contribution >= 4 is 15.9 Å². The zero-order valence-corrected chi connectivity index (χ0v) is 15.6. The zero-order valence-electron chi connectivity index (χ0n) is 14.8. The van der Waals surface area contributed by atoms with E-state index in [1.807, 2.05) is 37.3 Å². The van der Waals surface area contributed by atoms with Gasteiger partial charge in [-0.25, -0.2) is 13.1 Å². The summed E-state index contributed by atoms with van der Waals surface area (Å²) in [5.41, 5.74) is 1.98.